The first-order valence-electron chi connectivity index (χ1n) is 3.25. The molecule has 0 aromatic carbocycles. The molecule has 4 heteroatoms. The molecule has 1 heterocycles. The van der Waals surface area contributed by atoms with Crippen LogP contribution < -0.4 is 0 Å². The topological polar surface area (TPSA) is 35.0 Å². The van der Waals surface area contributed by atoms with Gasteiger partial charge in [0.1, 0.15) is 0 Å². The van der Waals surface area contributed by atoms with Gasteiger partial charge in [-0.3, -0.25) is 0 Å². The van der Waals surface area contributed by atoms with Crippen LogP contribution in [-0.4, -0.2) is 17.1 Å². The fourth-order valence-electron chi connectivity index (χ4n) is 0.695. The fourth-order valence-corrected chi connectivity index (χ4v) is 0.849. The van der Waals surface area contributed by atoms with Crippen molar-refractivity contribution in [2.75, 3.05) is 7.11 Å². The molecule has 1 atom stereocenters. The highest BCUT2D eigenvalue weighted by atomic mass is 35.5. The van der Waals surface area contributed by atoms with Crippen molar-refractivity contribution in [1.82, 2.24) is 9.97 Å². The summed E-state index contributed by atoms with van der Waals surface area (Å²) in [5.41, 5.74) is 0.799. The van der Waals surface area contributed by atoms with Gasteiger partial charge in [-0.1, -0.05) is 0 Å². The second-order valence-electron chi connectivity index (χ2n) is 2.13. The Bertz CT molecular complexity index is 242. The van der Waals surface area contributed by atoms with Crippen LogP contribution in [0.15, 0.2) is 12.3 Å². The molecule has 1 rings (SSSR count). The van der Waals surface area contributed by atoms with Crippen LogP contribution in [0.3, 0.4) is 0 Å². The van der Waals surface area contributed by atoms with Gasteiger partial charge < -0.3 is 4.74 Å². The molecule has 3 nitrogen and oxygen atoms in total. The lowest BCUT2D eigenvalue weighted by atomic mass is 10.3. The molecule has 0 aliphatic rings. The molecule has 0 amide bonds. The molecule has 0 fully saturated rings. The number of rotatable bonds is 2. The highest BCUT2D eigenvalue weighted by Gasteiger charge is 2.04. The minimum atomic E-state index is -0.0319. The maximum absolute atomic E-state index is 5.57. The van der Waals surface area contributed by atoms with E-state index in [-0.39, 0.29) is 11.4 Å². The molecule has 11 heavy (non-hydrogen) atoms. The highest BCUT2D eigenvalue weighted by molar-refractivity contribution is 6.28. The molecule has 0 bridgehead atoms. The van der Waals surface area contributed by atoms with Crippen molar-refractivity contribution in [3.8, 4) is 0 Å². The van der Waals surface area contributed by atoms with Gasteiger partial charge in [0.25, 0.3) is 0 Å². The summed E-state index contributed by atoms with van der Waals surface area (Å²) in [4.78, 5) is 7.73. The number of hydrogen-bond acceptors (Lipinski definition) is 3. The van der Waals surface area contributed by atoms with Gasteiger partial charge in [0.2, 0.25) is 5.28 Å². The molecule has 60 valence electrons. The van der Waals surface area contributed by atoms with Crippen molar-refractivity contribution in [3.63, 3.8) is 0 Å². The maximum Gasteiger partial charge on any atom is 0.222 e. The summed E-state index contributed by atoms with van der Waals surface area (Å²) >= 11 is 5.57. The molecular weight excluding hydrogens is 164 g/mol. The average Bonchev–Trinajstić information content (AvgIpc) is 2.03. The molecule has 0 saturated heterocycles. The first kappa shape index (κ1) is 8.43. The largest absolute Gasteiger partial charge is 0.375 e. The van der Waals surface area contributed by atoms with Gasteiger partial charge in [-0.25, -0.2) is 9.97 Å². The third-order valence-electron chi connectivity index (χ3n) is 1.42. The monoisotopic (exact) mass is 172 g/mol. The predicted octanol–water partition coefficient (Wildman–Crippen LogP) is 1.84. The first-order valence-corrected chi connectivity index (χ1v) is 3.63. The van der Waals surface area contributed by atoms with Gasteiger partial charge in [-0.2, -0.15) is 0 Å². The van der Waals surface area contributed by atoms with Gasteiger partial charge >= 0.3 is 0 Å². The molecule has 1 aromatic rings. The number of nitrogens with zero attached hydrogens (tertiary/aromatic N) is 2. The Hall–Kier alpha value is -0.670. The van der Waals surface area contributed by atoms with Crippen molar-refractivity contribution in [1.29, 1.82) is 0 Å². The number of methoxy groups -OCH3 is 1. The van der Waals surface area contributed by atoms with E-state index in [1.165, 1.54) is 0 Å². The van der Waals surface area contributed by atoms with Crippen molar-refractivity contribution in [2.24, 2.45) is 0 Å². The van der Waals surface area contributed by atoms with Crippen molar-refractivity contribution in [3.05, 3.63) is 23.2 Å². The molecule has 1 unspecified atom stereocenters. The van der Waals surface area contributed by atoms with E-state index < -0.39 is 0 Å². The summed E-state index contributed by atoms with van der Waals surface area (Å²) in [6, 6.07) is 1.78. The molecular formula is C7H9ClN2O. The van der Waals surface area contributed by atoms with E-state index in [0.29, 0.717) is 0 Å². The molecule has 1 aromatic heterocycles. The van der Waals surface area contributed by atoms with E-state index in [9.17, 15) is 0 Å². The average molecular weight is 173 g/mol. The standard InChI is InChI=1S/C7H9ClN2O/c1-5(11-2)6-3-4-9-7(8)10-6/h3-5H,1-2H3. The van der Waals surface area contributed by atoms with Crippen LogP contribution in [0.25, 0.3) is 0 Å². The van der Waals surface area contributed by atoms with E-state index >= 15 is 0 Å². The lowest BCUT2D eigenvalue weighted by Gasteiger charge is -2.07. The van der Waals surface area contributed by atoms with Crippen LogP contribution in [0.4, 0.5) is 0 Å². The van der Waals surface area contributed by atoms with Crippen LogP contribution in [0.1, 0.15) is 18.7 Å². The van der Waals surface area contributed by atoms with Crippen molar-refractivity contribution < 1.29 is 4.74 Å². The summed E-state index contributed by atoms with van der Waals surface area (Å²) in [5.74, 6) is 0. The summed E-state index contributed by atoms with van der Waals surface area (Å²) in [6.07, 6.45) is 1.58. The van der Waals surface area contributed by atoms with Crippen LogP contribution in [-0.2, 0) is 4.74 Å². The van der Waals surface area contributed by atoms with Crippen molar-refractivity contribution >= 4 is 11.6 Å². The van der Waals surface area contributed by atoms with Gasteiger partial charge in [-0.15, -0.1) is 0 Å². The molecule has 0 aliphatic heterocycles. The molecule has 0 radical (unpaired) electrons. The van der Waals surface area contributed by atoms with Crippen molar-refractivity contribution in [2.45, 2.75) is 13.0 Å². The predicted molar refractivity (Wildman–Crippen MR) is 42.5 cm³/mol. The Morgan fingerprint density at radius 2 is 2.36 bits per heavy atom. The van der Waals surface area contributed by atoms with Gasteiger partial charge in [0.05, 0.1) is 11.8 Å². The van der Waals surface area contributed by atoms with Crippen LogP contribution in [0, 0.1) is 0 Å². The summed E-state index contributed by atoms with van der Waals surface area (Å²) in [7, 11) is 1.63. The van der Waals surface area contributed by atoms with E-state index in [2.05, 4.69) is 9.97 Å². The fraction of sp³-hybridized carbons (Fsp3) is 0.429. The third kappa shape index (κ3) is 2.13. The zero-order chi connectivity index (χ0) is 8.27. The number of ether oxygens (including phenoxy) is 1. The second kappa shape index (κ2) is 3.64. The number of halogens is 1. The number of aromatic nitrogens is 2. The van der Waals surface area contributed by atoms with E-state index in [1.54, 1.807) is 19.4 Å². The van der Waals surface area contributed by atoms with Crippen LogP contribution in [0.2, 0.25) is 5.28 Å². The smallest absolute Gasteiger partial charge is 0.222 e. The van der Waals surface area contributed by atoms with Gasteiger partial charge in [0, 0.05) is 13.3 Å². The zero-order valence-electron chi connectivity index (χ0n) is 6.41. The highest BCUT2D eigenvalue weighted by Crippen LogP contribution is 2.13. The van der Waals surface area contributed by atoms with Crippen LogP contribution >= 0.6 is 11.6 Å². The Balaban J connectivity index is 2.86. The lowest BCUT2D eigenvalue weighted by Crippen LogP contribution is -1.99. The Morgan fingerprint density at radius 3 is 2.91 bits per heavy atom. The minimum absolute atomic E-state index is 0.0319. The summed E-state index contributed by atoms with van der Waals surface area (Å²) < 4.78 is 5.04. The first-order chi connectivity index (χ1) is 5.24. The summed E-state index contributed by atoms with van der Waals surface area (Å²) in [5, 5.41) is 0.256. The van der Waals surface area contributed by atoms with E-state index in [0.717, 1.165) is 5.69 Å². The normalized spacial score (nSPS) is 13.0. The van der Waals surface area contributed by atoms with Gasteiger partial charge in [0.15, 0.2) is 0 Å². The molecule has 0 spiro atoms. The van der Waals surface area contributed by atoms with Crippen LogP contribution in [0.5, 0.6) is 0 Å². The maximum atomic E-state index is 5.57. The van der Waals surface area contributed by atoms with E-state index in [1.807, 2.05) is 6.92 Å². The zero-order valence-corrected chi connectivity index (χ0v) is 7.17. The molecule has 0 aliphatic carbocycles. The SMILES string of the molecule is COC(C)c1ccnc(Cl)n1. The Labute approximate surface area is 70.4 Å². The second-order valence-corrected chi connectivity index (χ2v) is 2.47. The Kier molecular flexibility index (Phi) is 2.79. The molecule has 0 N–H and O–H groups in total. The van der Waals surface area contributed by atoms with E-state index in [4.69, 9.17) is 16.3 Å². The minimum Gasteiger partial charge on any atom is -0.375 e. The number of hydrogen-bond donors (Lipinski definition) is 0. The molecule has 0 saturated carbocycles. The quantitative estimate of drug-likeness (QED) is 0.639. The summed E-state index contributed by atoms with van der Waals surface area (Å²) in [6.45, 7) is 1.90. The third-order valence-corrected chi connectivity index (χ3v) is 1.60. The lowest BCUT2D eigenvalue weighted by molar-refractivity contribution is 0.116. The Morgan fingerprint density at radius 1 is 1.64 bits per heavy atom. The van der Waals surface area contributed by atoms with Gasteiger partial charge in [-0.05, 0) is 24.6 Å².